The monoisotopic (exact) mass is 169 g/mol. The number of allylic oxidation sites excluding steroid dienone is 3. The first-order valence-corrected chi connectivity index (χ1v) is 3.16. The van der Waals surface area contributed by atoms with Gasteiger partial charge >= 0.3 is 0 Å². The summed E-state index contributed by atoms with van der Waals surface area (Å²) < 4.78 is 0. The van der Waals surface area contributed by atoms with E-state index in [1.165, 1.54) is 12.2 Å². The van der Waals surface area contributed by atoms with Crippen LogP contribution < -0.4 is 0 Å². The topological polar surface area (TPSA) is 57.1 Å². The SMILES string of the molecule is C=C1OOO/C1=C/C=C(\C)N=O. The molecule has 0 aliphatic carbocycles. The summed E-state index contributed by atoms with van der Waals surface area (Å²) in [6.45, 7) is 5.02. The van der Waals surface area contributed by atoms with Gasteiger partial charge in [-0.1, -0.05) is 0 Å². The number of nitrogens with zero attached hydrogens (tertiary/aromatic N) is 1. The predicted octanol–water partition coefficient (Wildman–Crippen LogP) is 1.95. The molecule has 0 spiro atoms. The van der Waals surface area contributed by atoms with E-state index >= 15 is 0 Å². The molecule has 1 heterocycles. The zero-order valence-electron chi connectivity index (χ0n) is 6.44. The van der Waals surface area contributed by atoms with Crippen molar-refractivity contribution >= 4 is 0 Å². The lowest BCUT2D eigenvalue weighted by atomic mass is 10.3. The Balaban J connectivity index is 2.68. The van der Waals surface area contributed by atoms with Crippen molar-refractivity contribution < 1.29 is 14.8 Å². The molecule has 0 unspecified atom stereocenters. The van der Waals surface area contributed by atoms with Crippen molar-refractivity contribution in [2.45, 2.75) is 6.92 Å². The maximum absolute atomic E-state index is 9.92. The Hall–Kier alpha value is -1.62. The second kappa shape index (κ2) is 3.68. The quantitative estimate of drug-likeness (QED) is 0.468. The van der Waals surface area contributed by atoms with Gasteiger partial charge in [0, 0.05) is 5.04 Å². The lowest BCUT2D eigenvalue weighted by molar-refractivity contribution is -0.436. The Morgan fingerprint density at radius 1 is 1.58 bits per heavy atom. The van der Waals surface area contributed by atoms with Gasteiger partial charge < -0.3 is 0 Å². The van der Waals surface area contributed by atoms with Gasteiger partial charge in [0.1, 0.15) is 0 Å². The van der Waals surface area contributed by atoms with Crippen LogP contribution in [0.4, 0.5) is 0 Å². The molecule has 0 aromatic carbocycles. The molecular formula is C7H7NO4. The highest BCUT2D eigenvalue weighted by Gasteiger charge is 2.16. The van der Waals surface area contributed by atoms with E-state index < -0.39 is 0 Å². The van der Waals surface area contributed by atoms with Crippen LogP contribution in [0.15, 0.2) is 41.1 Å². The van der Waals surface area contributed by atoms with E-state index in [0.29, 0.717) is 11.5 Å². The Kier molecular flexibility index (Phi) is 2.60. The first kappa shape index (κ1) is 8.48. The minimum atomic E-state index is 0.255. The molecule has 64 valence electrons. The van der Waals surface area contributed by atoms with Gasteiger partial charge in [0.05, 0.1) is 5.70 Å². The maximum atomic E-state index is 9.92. The molecule has 0 bridgehead atoms. The largest absolute Gasteiger partial charge is 0.296 e. The summed E-state index contributed by atoms with van der Waals surface area (Å²) in [6.07, 6.45) is 2.94. The third-order valence-electron chi connectivity index (χ3n) is 1.15. The van der Waals surface area contributed by atoms with E-state index in [9.17, 15) is 4.91 Å². The summed E-state index contributed by atoms with van der Waals surface area (Å²) in [5, 5.41) is 6.80. The fourth-order valence-electron chi connectivity index (χ4n) is 0.530. The summed E-state index contributed by atoms with van der Waals surface area (Å²) in [4.78, 5) is 18.8. The van der Waals surface area contributed by atoms with E-state index in [0.717, 1.165) is 0 Å². The minimum Gasteiger partial charge on any atom is -0.296 e. The third-order valence-corrected chi connectivity index (χ3v) is 1.15. The molecule has 0 amide bonds. The van der Waals surface area contributed by atoms with Crippen molar-refractivity contribution in [2.75, 3.05) is 0 Å². The van der Waals surface area contributed by atoms with Crippen LogP contribution in [0.1, 0.15) is 6.92 Å². The summed E-state index contributed by atoms with van der Waals surface area (Å²) >= 11 is 0. The van der Waals surface area contributed by atoms with Gasteiger partial charge in [-0.15, -0.1) is 4.91 Å². The first-order valence-electron chi connectivity index (χ1n) is 3.16. The molecule has 1 fully saturated rings. The molecule has 1 aliphatic rings. The van der Waals surface area contributed by atoms with Crippen molar-refractivity contribution in [3.05, 3.63) is 40.9 Å². The summed E-state index contributed by atoms with van der Waals surface area (Å²) in [5.41, 5.74) is 0.325. The molecule has 0 aromatic heterocycles. The van der Waals surface area contributed by atoms with Gasteiger partial charge in [0.2, 0.25) is 11.5 Å². The molecule has 0 saturated carbocycles. The van der Waals surface area contributed by atoms with Crippen LogP contribution in [0.2, 0.25) is 0 Å². The molecule has 0 N–H and O–H groups in total. The normalized spacial score (nSPS) is 20.6. The highest BCUT2D eigenvalue weighted by molar-refractivity contribution is 5.23. The Labute approximate surface area is 68.7 Å². The van der Waals surface area contributed by atoms with Gasteiger partial charge in [-0.25, -0.2) is 0 Å². The molecule has 5 nitrogen and oxygen atoms in total. The van der Waals surface area contributed by atoms with Crippen LogP contribution in [-0.2, 0) is 14.8 Å². The number of hydrogen-bond acceptors (Lipinski definition) is 5. The Morgan fingerprint density at radius 3 is 2.83 bits per heavy atom. The molecular weight excluding hydrogens is 162 g/mol. The summed E-state index contributed by atoms with van der Waals surface area (Å²) in [6, 6.07) is 0. The number of hydrogen-bond donors (Lipinski definition) is 0. The zero-order valence-corrected chi connectivity index (χ0v) is 6.44. The van der Waals surface area contributed by atoms with Gasteiger partial charge in [-0.2, -0.15) is 0 Å². The van der Waals surface area contributed by atoms with E-state index in [-0.39, 0.29) is 5.76 Å². The molecule has 5 heteroatoms. The standard InChI is InChI=1S/C7H7NO4/c1-5(8-9)3-4-7-6(2)10-12-11-7/h3-4H,2H2,1H3/b5-3+,7-4+. The van der Waals surface area contributed by atoms with Crippen LogP contribution in [0.25, 0.3) is 0 Å². The van der Waals surface area contributed by atoms with Crippen LogP contribution in [0, 0.1) is 4.91 Å². The van der Waals surface area contributed by atoms with Crippen LogP contribution in [0.3, 0.4) is 0 Å². The van der Waals surface area contributed by atoms with Crippen molar-refractivity contribution in [2.24, 2.45) is 5.18 Å². The molecule has 0 aromatic rings. The highest BCUT2D eigenvalue weighted by atomic mass is 17.5. The summed E-state index contributed by atoms with van der Waals surface area (Å²) in [7, 11) is 0. The van der Waals surface area contributed by atoms with Crippen molar-refractivity contribution in [3.63, 3.8) is 0 Å². The number of nitroso groups, excluding NO2 is 1. The van der Waals surface area contributed by atoms with Gasteiger partial charge in [0.25, 0.3) is 0 Å². The molecule has 0 atom stereocenters. The predicted molar refractivity (Wildman–Crippen MR) is 40.0 cm³/mol. The second-order valence-corrected chi connectivity index (χ2v) is 2.09. The average Bonchev–Trinajstić information content (AvgIpc) is 2.47. The van der Waals surface area contributed by atoms with Crippen molar-refractivity contribution in [1.29, 1.82) is 0 Å². The fourth-order valence-corrected chi connectivity index (χ4v) is 0.530. The maximum Gasteiger partial charge on any atom is 0.215 e. The average molecular weight is 169 g/mol. The van der Waals surface area contributed by atoms with Gasteiger partial charge in [0.15, 0.2) is 0 Å². The van der Waals surface area contributed by atoms with Crippen molar-refractivity contribution in [3.8, 4) is 0 Å². The van der Waals surface area contributed by atoms with Crippen LogP contribution >= 0.6 is 0 Å². The Morgan fingerprint density at radius 2 is 2.33 bits per heavy atom. The molecule has 12 heavy (non-hydrogen) atoms. The highest BCUT2D eigenvalue weighted by Crippen LogP contribution is 2.19. The molecule has 1 saturated heterocycles. The number of rotatable bonds is 2. The molecule has 1 rings (SSSR count). The van der Waals surface area contributed by atoms with Gasteiger partial charge in [-0.3, -0.25) is 9.78 Å². The lowest BCUT2D eigenvalue weighted by Crippen LogP contribution is -1.78. The smallest absolute Gasteiger partial charge is 0.215 e. The van der Waals surface area contributed by atoms with E-state index in [1.807, 2.05) is 0 Å². The second-order valence-electron chi connectivity index (χ2n) is 2.09. The van der Waals surface area contributed by atoms with Crippen LogP contribution in [0.5, 0.6) is 0 Å². The van der Waals surface area contributed by atoms with Crippen molar-refractivity contribution in [1.82, 2.24) is 0 Å². The molecule has 1 aliphatic heterocycles. The van der Waals surface area contributed by atoms with E-state index in [2.05, 4.69) is 26.6 Å². The fraction of sp³-hybridized carbons (Fsp3) is 0.143. The zero-order chi connectivity index (χ0) is 8.97. The third kappa shape index (κ3) is 1.93. The van der Waals surface area contributed by atoms with Crippen LogP contribution in [-0.4, -0.2) is 0 Å². The molecule has 0 radical (unpaired) electrons. The first-order chi connectivity index (χ1) is 5.74. The van der Waals surface area contributed by atoms with E-state index in [1.54, 1.807) is 6.92 Å². The van der Waals surface area contributed by atoms with Gasteiger partial charge in [-0.05, 0) is 30.8 Å². The summed E-state index contributed by atoms with van der Waals surface area (Å²) in [5.74, 6) is 0.572. The Bertz CT molecular complexity index is 267. The lowest BCUT2D eigenvalue weighted by Gasteiger charge is -1.85. The van der Waals surface area contributed by atoms with E-state index in [4.69, 9.17) is 0 Å². The minimum absolute atomic E-state index is 0.255.